The molecule has 0 bridgehead atoms. The number of nitrogens with zero attached hydrogens (tertiary/aromatic N) is 2. The molecule has 2 rings (SSSR count). The summed E-state index contributed by atoms with van der Waals surface area (Å²) >= 11 is 0. The number of benzene rings is 1. The first kappa shape index (κ1) is 14.6. The number of hydrogen-bond donors (Lipinski definition) is 1. The number of aromatic nitrogens is 2. The van der Waals surface area contributed by atoms with Crippen molar-refractivity contribution in [3.8, 4) is 0 Å². The number of imidazole rings is 1. The van der Waals surface area contributed by atoms with E-state index in [4.69, 9.17) is 0 Å². The van der Waals surface area contributed by atoms with Crippen LogP contribution in [0.15, 0.2) is 36.5 Å². The topological polar surface area (TPSA) is 29.9 Å². The molecular weight excluding hydrogens is 246 g/mol. The second-order valence-electron chi connectivity index (χ2n) is 5.41. The van der Waals surface area contributed by atoms with Crippen LogP contribution in [0.2, 0.25) is 0 Å². The molecule has 0 radical (unpaired) electrons. The van der Waals surface area contributed by atoms with Crippen LogP contribution in [0.5, 0.6) is 0 Å². The predicted molar refractivity (Wildman–Crippen MR) is 85.2 cm³/mol. The van der Waals surface area contributed by atoms with Gasteiger partial charge in [-0.15, -0.1) is 0 Å². The van der Waals surface area contributed by atoms with Gasteiger partial charge < -0.3 is 9.88 Å². The number of nitrogens with one attached hydrogen (secondary N) is 1. The van der Waals surface area contributed by atoms with Crippen molar-refractivity contribution in [1.29, 1.82) is 0 Å². The smallest absolute Gasteiger partial charge is 0.203 e. The molecule has 1 aromatic carbocycles. The fourth-order valence-electron chi connectivity index (χ4n) is 2.38. The zero-order valence-electron chi connectivity index (χ0n) is 12.8. The van der Waals surface area contributed by atoms with Gasteiger partial charge in [-0.2, -0.15) is 0 Å². The van der Waals surface area contributed by atoms with Gasteiger partial charge >= 0.3 is 0 Å². The molecule has 1 N–H and O–H groups in total. The summed E-state index contributed by atoms with van der Waals surface area (Å²) < 4.78 is 2.27. The van der Waals surface area contributed by atoms with Gasteiger partial charge in [-0.3, -0.25) is 0 Å². The third kappa shape index (κ3) is 3.86. The monoisotopic (exact) mass is 271 g/mol. The van der Waals surface area contributed by atoms with Crippen molar-refractivity contribution >= 4 is 5.95 Å². The van der Waals surface area contributed by atoms with Gasteiger partial charge in [0.15, 0.2) is 0 Å². The molecule has 0 amide bonds. The molecule has 20 heavy (non-hydrogen) atoms. The number of aryl methyl sites for hydroxylation is 2. The summed E-state index contributed by atoms with van der Waals surface area (Å²) in [6.07, 6.45) is 5.49. The molecule has 0 spiro atoms. The van der Waals surface area contributed by atoms with Crippen LogP contribution >= 0.6 is 0 Å². The molecule has 1 atom stereocenters. The first-order chi connectivity index (χ1) is 9.70. The Morgan fingerprint density at radius 1 is 1.25 bits per heavy atom. The Balaban J connectivity index is 1.99. The van der Waals surface area contributed by atoms with Gasteiger partial charge in [-0.1, -0.05) is 37.3 Å². The standard InChI is InChI=1S/C17H25N3/c1-4-12-18-17-19-14(2)13-20(17)15(3)10-11-16-8-6-5-7-9-16/h5-9,13,15H,4,10-12H2,1-3H3,(H,18,19). The van der Waals surface area contributed by atoms with E-state index in [0.29, 0.717) is 6.04 Å². The summed E-state index contributed by atoms with van der Waals surface area (Å²) in [6, 6.07) is 11.1. The molecule has 1 heterocycles. The van der Waals surface area contributed by atoms with Crippen molar-refractivity contribution in [2.45, 2.75) is 46.1 Å². The van der Waals surface area contributed by atoms with Crippen molar-refractivity contribution < 1.29 is 0 Å². The van der Waals surface area contributed by atoms with Crippen molar-refractivity contribution in [2.75, 3.05) is 11.9 Å². The largest absolute Gasteiger partial charge is 0.356 e. The first-order valence-corrected chi connectivity index (χ1v) is 7.54. The van der Waals surface area contributed by atoms with Crippen molar-refractivity contribution in [3.63, 3.8) is 0 Å². The highest BCUT2D eigenvalue weighted by atomic mass is 15.2. The third-order valence-electron chi connectivity index (χ3n) is 3.55. The Kier molecular flexibility index (Phi) is 5.22. The van der Waals surface area contributed by atoms with Crippen LogP contribution in [0.1, 0.15) is 44.0 Å². The minimum absolute atomic E-state index is 0.454. The highest BCUT2D eigenvalue weighted by molar-refractivity contribution is 5.29. The first-order valence-electron chi connectivity index (χ1n) is 7.54. The third-order valence-corrected chi connectivity index (χ3v) is 3.55. The molecule has 1 aromatic heterocycles. The molecule has 0 saturated carbocycles. The van der Waals surface area contributed by atoms with Crippen LogP contribution in [0.4, 0.5) is 5.95 Å². The Morgan fingerprint density at radius 3 is 2.70 bits per heavy atom. The summed E-state index contributed by atoms with van der Waals surface area (Å²) in [4.78, 5) is 4.58. The Bertz CT molecular complexity index is 516. The second kappa shape index (κ2) is 7.13. The molecular formula is C17H25N3. The van der Waals surface area contributed by atoms with E-state index in [1.165, 1.54) is 5.56 Å². The van der Waals surface area contributed by atoms with Crippen LogP contribution in [0, 0.1) is 6.92 Å². The van der Waals surface area contributed by atoms with E-state index in [1.54, 1.807) is 0 Å². The fraction of sp³-hybridized carbons (Fsp3) is 0.471. The fourth-order valence-corrected chi connectivity index (χ4v) is 2.38. The van der Waals surface area contributed by atoms with Gasteiger partial charge in [-0.05, 0) is 38.7 Å². The predicted octanol–water partition coefficient (Wildman–Crippen LogP) is 4.21. The van der Waals surface area contributed by atoms with Gasteiger partial charge in [0.25, 0.3) is 0 Å². The van der Waals surface area contributed by atoms with Gasteiger partial charge in [0.1, 0.15) is 0 Å². The Hall–Kier alpha value is -1.77. The second-order valence-corrected chi connectivity index (χ2v) is 5.41. The van der Waals surface area contributed by atoms with E-state index < -0.39 is 0 Å². The minimum Gasteiger partial charge on any atom is -0.356 e. The molecule has 3 nitrogen and oxygen atoms in total. The van der Waals surface area contributed by atoms with Crippen LogP contribution < -0.4 is 5.32 Å². The molecule has 3 heteroatoms. The maximum Gasteiger partial charge on any atom is 0.203 e. The normalized spacial score (nSPS) is 12.3. The van der Waals surface area contributed by atoms with Gasteiger partial charge in [0.2, 0.25) is 5.95 Å². The minimum atomic E-state index is 0.454. The molecule has 1 unspecified atom stereocenters. The van der Waals surface area contributed by atoms with Crippen molar-refractivity contribution in [2.24, 2.45) is 0 Å². The SMILES string of the molecule is CCCNc1nc(C)cn1C(C)CCc1ccccc1. The molecule has 0 aliphatic heterocycles. The summed E-state index contributed by atoms with van der Waals surface area (Å²) in [7, 11) is 0. The van der Waals surface area contributed by atoms with E-state index in [9.17, 15) is 0 Å². The van der Waals surface area contributed by atoms with Gasteiger partial charge in [-0.25, -0.2) is 4.98 Å². The zero-order chi connectivity index (χ0) is 14.4. The molecule has 108 valence electrons. The van der Waals surface area contributed by atoms with Gasteiger partial charge in [0.05, 0.1) is 5.69 Å². The number of hydrogen-bond acceptors (Lipinski definition) is 2. The maximum absolute atomic E-state index is 4.58. The lowest BCUT2D eigenvalue weighted by Gasteiger charge is -2.17. The van der Waals surface area contributed by atoms with E-state index in [0.717, 1.165) is 37.4 Å². The van der Waals surface area contributed by atoms with E-state index in [1.807, 2.05) is 0 Å². The Labute approximate surface area is 122 Å². The quantitative estimate of drug-likeness (QED) is 0.817. The van der Waals surface area contributed by atoms with Crippen molar-refractivity contribution in [3.05, 3.63) is 47.8 Å². The molecule has 0 aliphatic rings. The summed E-state index contributed by atoms with van der Waals surface area (Å²) in [6.45, 7) is 7.46. The average molecular weight is 271 g/mol. The summed E-state index contributed by atoms with van der Waals surface area (Å²) in [5, 5.41) is 3.41. The van der Waals surface area contributed by atoms with Crippen LogP contribution in [-0.4, -0.2) is 16.1 Å². The lowest BCUT2D eigenvalue weighted by molar-refractivity contribution is 0.510. The molecule has 0 fully saturated rings. The number of rotatable bonds is 7. The lowest BCUT2D eigenvalue weighted by Crippen LogP contribution is -2.12. The van der Waals surface area contributed by atoms with E-state index in [-0.39, 0.29) is 0 Å². The lowest BCUT2D eigenvalue weighted by atomic mass is 10.1. The highest BCUT2D eigenvalue weighted by Gasteiger charge is 2.11. The van der Waals surface area contributed by atoms with Gasteiger partial charge in [0, 0.05) is 18.8 Å². The van der Waals surface area contributed by atoms with Crippen LogP contribution in [0.25, 0.3) is 0 Å². The summed E-state index contributed by atoms with van der Waals surface area (Å²) in [5.74, 6) is 1.00. The molecule has 2 aromatic rings. The highest BCUT2D eigenvalue weighted by Crippen LogP contribution is 2.20. The van der Waals surface area contributed by atoms with E-state index in [2.05, 4.69) is 72.2 Å². The van der Waals surface area contributed by atoms with Crippen LogP contribution in [0.3, 0.4) is 0 Å². The Morgan fingerprint density at radius 2 is 2.00 bits per heavy atom. The number of anilines is 1. The van der Waals surface area contributed by atoms with Crippen molar-refractivity contribution in [1.82, 2.24) is 9.55 Å². The van der Waals surface area contributed by atoms with Crippen LogP contribution in [-0.2, 0) is 6.42 Å². The van der Waals surface area contributed by atoms with E-state index >= 15 is 0 Å². The molecule has 0 saturated heterocycles. The molecule has 0 aliphatic carbocycles. The summed E-state index contributed by atoms with van der Waals surface area (Å²) in [5.41, 5.74) is 2.48. The average Bonchev–Trinajstić information content (AvgIpc) is 2.84. The maximum atomic E-state index is 4.58. The zero-order valence-corrected chi connectivity index (χ0v) is 12.8.